The Labute approximate surface area is 201 Å². The second-order valence-electron chi connectivity index (χ2n) is 9.14. The molecular weight excluding hydrogens is 456 g/mol. The Kier molecular flexibility index (Phi) is 6.63. The molecule has 0 aliphatic heterocycles. The topological polar surface area (TPSA) is 146 Å². The Morgan fingerprint density at radius 2 is 2.09 bits per heavy atom. The standard InChI is InChI=1S/C23H30N6O4S/c1-13-18(21-27-16-10-24-7-5-17(16)34-21)20(29-23(32)6-4-15(11-30)19(23)31)28-22(26-13)25-8-9-33-12-14-2-3-14/h5,7,10,14-15,19,30-32H,2-4,6,8-9,11-12H2,1H3,(H2,25,26,28,29). The number of aryl methyl sites for hydroxylation is 1. The molecule has 0 amide bonds. The first-order valence-corrected chi connectivity index (χ1v) is 12.5. The van der Waals surface area contributed by atoms with Crippen LogP contribution in [0.2, 0.25) is 0 Å². The van der Waals surface area contributed by atoms with Crippen LogP contribution in [0.25, 0.3) is 20.8 Å². The summed E-state index contributed by atoms with van der Waals surface area (Å²) in [6, 6.07) is 1.90. The van der Waals surface area contributed by atoms with Crippen LogP contribution in [-0.2, 0) is 4.74 Å². The highest BCUT2D eigenvalue weighted by Gasteiger charge is 2.47. The van der Waals surface area contributed by atoms with Crippen molar-refractivity contribution in [2.45, 2.75) is 44.4 Å². The van der Waals surface area contributed by atoms with E-state index in [9.17, 15) is 15.3 Å². The van der Waals surface area contributed by atoms with Gasteiger partial charge in [0.05, 0.1) is 28.8 Å². The van der Waals surface area contributed by atoms with Crippen LogP contribution in [0.1, 0.15) is 31.4 Å². The van der Waals surface area contributed by atoms with Crippen LogP contribution in [-0.4, -0.2) is 73.4 Å². The maximum absolute atomic E-state index is 11.2. The van der Waals surface area contributed by atoms with Crippen molar-refractivity contribution in [2.75, 3.05) is 37.0 Å². The molecule has 0 aromatic carbocycles. The molecule has 11 heteroatoms. The number of aromatic nitrogens is 4. The fraction of sp³-hybridized carbons (Fsp3) is 0.565. The number of rotatable bonds is 10. The molecule has 0 bridgehead atoms. The number of pyridine rings is 1. The van der Waals surface area contributed by atoms with Gasteiger partial charge in [-0.15, -0.1) is 11.3 Å². The molecule has 5 N–H and O–H groups in total. The van der Waals surface area contributed by atoms with Crippen molar-refractivity contribution in [3.63, 3.8) is 0 Å². The van der Waals surface area contributed by atoms with Crippen molar-refractivity contribution in [3.05, 3.63) is 24.2 Å². The number of aliphatic hydroxyl groups excluding tert-OH is 2. The van der Waals surface area contributed by atoms with Crippen molar-refractivity contribution in [2.24, 2.45) is 11.8 Å². The highest BCUT2D eigenvalue weighted by atomic mass is 32.1. The lowest BCUT2D eigenvalue weighted by molar-refractivity contribution is -0.0545. The van der Waals surface area contributed by atoms with Crippen molar-refractivity contribution >= 4 is 33.3 Å². The van der Waals surface area contributed by atoms with Crippen LogP contribution in [0.4, 0.5) is 11.8 Å². The number of hydrogen-bond acceptors (Lipinski definition) is 11. The van der Waals surface area contributed by atoms with Gasteiger partial charge in [-0.1, -0.05) is 0 Å². The minimum absolute atomic E-state index is 0.195. The molecule has 3 atom stereocenters. The third-order valence-electron chi connectivity index (χ3n) is 6.48. The molecule has 2 aliphatic rings. The highest BCUT2D eigenvalue weighted by Crippen LogP contribution is 2.40. The van der Waals surface area contributed by atoms with Crippen LogP contribution in [0.3, 0.4) is 0 Å². The van der Waals surface area contributed by atoms with E-state index in [1.807, 2.05) is 13.0 Å². The van der Waals surface area contributed by atoms with Crippen LogP contribution in [0.5, 0.6) is 0 Å². The molecule has 0 saturated heterocycles. The van der Waals surface area contributed by atoms with E-state index in [4.69, 9.17) is 9.72 Å². The normalized spacial score (nSPS) is 24.6. The van der Waals surface area contributed by atoms with Crippen molar-refractivity contribution < 1.29 is 20.1 Å². The summed E-state index contributed by atoms with van der Waals surface area (Å²) in [5.41, 5.74) is 0.486. The summed E-state index contributed by atoms with van der Waals surface area (Å²) in [4.78, 5) is 18.1. The maximum Gasteiger partial charge on any atom is 0.224 e. The number of aliphatic hydroxyl groups is 3. The first-order chi connectivity index (χ1) is 16.5. The van der Waals surface area contributed by atoms with Gasteiger partial charge in [-0.3, -0.25) is 4.98 Å². The first-order valence-electron chi connectivity index (χ1n) is 11.7. The van der Waals surface area contributed by atoms with Crippen LogP contribution >= 0.6 is 11.3 Å². The summed E-state index contributed by atoms with van der Waals surface area (Å²) in [7, 11) is 0. The Balaban J connectivity index is 1.44. The average Bonchev–Trinajstić information content (AvgIpc) is 3.47. The molecule has 182 valence electrons. The molecule has 5 rings (SSSR count). The van der Waals surface area contributed by atoms with Gasteiger partial charge in [0, 0.05) is 31.9 Å². The SMILES string of the molecule is Cc1nc(NCCOCC2CC2)nc(NC2(O)CCC(CO)C2O)c1-c1nc2cnccc2s1. The number of ether oxygens (including phenoxy) is 1. The van der Waals surface area contributed by atoms with Crippen LogP contribution in [0.15, 0.2) is 18.5 Å². The molecule has 34 heavy (non-hydrogen) atoms. The first kappa shape index (κ1) is 23.3. The monoisotopic (exact) mass is 486 g/mol. The van der Waals surface area contributed by atoms with E-state index in [1.54, 1.807) is 12.4 Å². The summed E-state index contributed by atoms with van der Waals surface area (Å²) in [6.45, 7) is 3.56. The highest BCUT2D eigenvalue weighted by molar-refractivity contribution is 7.21. The molecule has 0 radical (unpaired) electrons. The Bertz CT molecular complexity index is 1120. The molecule has 2 fully saturated rings. The van der Waals surface area contributed by atoms with Crippen molar-refractivity contribution in [1.29, 1.82) is 0 Å². The smallest absolute Gasteiger partial charge is 0.224 e. The summed E-state index contributed by atoms with van der Waals surface area (Å²) in [5.74, 6) is 1.08. The summed E-state index contributed by atoms with van der Waals surface area (Å²) in [6.07, 6.45) is 5.57. The molecule has 0 spiro atoms. The van der Waals surface area contributed by atoms with E-state index in [-0.39, 0.29) is 13.0 Å². The van der Waals surface area contributed by atoms with E-state index in [2.05, 4.69) is 25.6 Å². The maximum atomic E-state index is 11.2. The number of fused-ring (bicyclic) bond motifs is 1. The zero-order chi connectivity index (χ0) is 23.7. The van der Waals surface area contributed by atoms with Gasteiger partial charge >= 0.3 is 0 Å². The third-order valence-corrected chi connectivity index (χ3v) is 7.53. The van der Waals surface area contributed by atoms with E-state index in [0.29, 0.717) is 53.5 Å². The predicted molar refractivity (Wildman–Crippen MR) is 130 cm³/mol. The van der Waals surface area contributed by atoms with E-state index >= 15 is 0 Å². The largest absolute Gasteiger partial charge is 0.396 e. The molecule has 2 aliphatic carbocycles. The van der Waals surface area contributed by atoms with Crippen molar-refractivity contribution in [3.8, 4) is 10.6 Å². The molecule has 3 aromatic heterocycles. The lowest BCUT2D eigenvalue weighted by atomic mass is 10.0. The molecule has 10 nitrogen and oxygen atoms in total. The lowest BCUT2D eigenvalue weighted by Crippen LogP contribution is -2.48. The Hall–Kier alpha value is -2.44. The molecular formula is C23H30N6O4S. The van der Waals surface area contributed by atoms with Gasteiger partial charge in [-0.25, -0.2) is 9.97 Å². The summed E-state index contributed by atoms with van der Waals surface area (Å²) in [5, 5.41) is 38.4. The zero-order valence-electron chi connectivity index (χ0n) is 19.1. The number of nitrogens with zero attached hydrogens (tertiary/aromatic N) is 4. The van der Waals surface area contributed by atoms with Gasteiger partial charge in [0.15, 0.2) is 5.72 Å². The molecule has 3 aromatic rings. The minimum atomic E-state index is -1.62. The van der Waals surface area contributed by atoms with E-state index in [1.165, 1.54) is 24.2 Å². The number of nitrogens with one attached hydrogen (secondary N) is 2. The van der Waals surface area contributed by atoms with E-state index < -0.39 is 17.7 Å². The van der Waals surface area contributed by atoms with Gasteiger partial charge < -0.3 is 30.7 Å². The van der Waals surface area contributed by atoms with Gasteiger partial charge in [0.25, 0.3) is 0 Å². The quantitative estimate of drug-likeness (QED) is 0.213. The fourth-order valence-electron chi connectivity index (χ4n) is 4.29. The summed E-state index contributed by atoms with van der Waals surface area (Å²) < 4.78 is 6.66. The second-order valence-corrected chi connectivity index (χ2v) is 10.2. The van der Waals surface area contributed by atoms with Crippen LogP contribution < -0.4 is 10.6 Å². The van der Waals surface area contributed by atoms with E-state index in [0.717, 1.165) is 16.8 Å². The fourth-order valence-corrected chi connectivity index (χ4v) is 5.32. The number of hydrogen-bond donors (Lipinski definition) is 5. The minimum Gasteiger partial charge on any atom is -0.396 e. The Morgan fingerprint density at radius 3 is 2.82 bits per heavy atom. The number of thiazole rings is 1. The lowest BCUT2D eigenvalue weighted by Gasteiger charge is -2.31. The third kappa shape index (κ3) is 4.84. The van der Waals surface area contributed by atoms with Gasteiger partial charge in [0.2, 0.25) is 5.95 Å². The molecule has 3 heterocycles. The predicted octanol–water partition coefficient (Wildman–Crippen LogP) is 2.16. The van der Waals surface area contributed by atoms with Gasteiger partial charge in [-0.05, 0) is 44.6 Å². The summed E-state index contributed by atoms with van der Waals surface area (Å²) >= 11 is 1.48. The van der Waals surface area contributed by atoms with Gasteiger partial charge in [0.1, 0.15) is 22.4 Å². The number of anilines is 2. The zero-order valence-corrected chi connectivity index (χ0v) is 19.9. The second kappa shape index (κ2) is 9.67. The van der Waals surface area contributed by atoms with Crippen LogP contribution in [0, 0.1) is 18.8 Å². The molecule has 2 saturated carbocycles. The van der Waals surface area contributed by atoms with Gasteiger partial charge in [-0.2, -0.15) is 4.98 Å². The molecule has 3 unspecified atom stereocenters. The Morgan fingerprint density at radius 1 is 1.24 bits per heavy atom. The van der Waals surface area contributed by atoms with Crippen molar-refractivity contribution in [1.82, 2.24) is 19.9 Å². The average molecular weight is 487 g/mol.